The van der Waals surface area contributed by atoms with Gasteiger partial charge < -0.3 is 14.8 Å². The first-order chi connectivity index (χ1) is 14.0. The number of hydrogen-bond acceptors (Lipinski definition) is 4. The molecule has 2 aromatic carbocycles. The van der Waals surface area contributed by atoms with Crippen molar-refractivity contribution in [3.8, 4) is 5.75 Å². The summed E-state index contributed by atoms with van der Waals surface area (Å²) in [6, 6.07) is 12.1. The van der Waals surface area contributed by atoms with Crippen LogP contribution < -0.4 is 10.1 Å². The highest BCUT2D eigenvalue weighted by Crippen LogP contribution is 2.24. The third-order valence-corrected chi connectivity index (χ3v) is 4.86. The van der Waals surface area contributed by atoms with Crippen molar-refractivity contribution in [2.75, 3.05) is 32.8 Å². The normalized spacial score (nSPS) is 16.8. The minimum absolute atomic E-state index is 0.0647. The Morgan fingerprint density at radius 2 is 1.86 bits per heavy atom. The monoisotopic (exact) mass is 404 g/mol. The lowest BCUT2D eigenvalue weighted by Gasteiger charge is -2.28. The number of hydrogen-bond donors (Lipinski definition) is 1. The Kier molecular flexibility index (Phi) is 7.55. The SMILES string of the molecule is CC(CCN1CCOCC1)NC(=O)C(Oc1ccc(F)c(F)c1)c1ccccc1. The van der Waals surface area contributed by atoms with Gasteiger partial charge in [-0.1, -0.05) is 30.3 Å². The van der Waals surface area contributed by atoms with Crippen LogP contribution >= 0.6 is 0 Å². The summed E-state index contributed by atoms with van der Waals surface area (Å²) >= 11 is 0. The average molecular weight is 404 g/mol. The highest BCUT2D eigenvalue weighted by Gasteiger charge is 2.24. The fourth-order valence-electron chi connectivity index (χ4n) is 3.18. The first-order valence-electron chi connectivity index (χ1n) is 9.80. The molecule has 3 rings (SSSR count). The Labute approximate surface area is 169 Å². The zero-order valence-corrected chi connectivity index (χ0v) is 16.4. The number of carbonyl (C=O) groups excluding carboxylic acids is 1. The molecule has 0 spiro atoms. The molecule has 2 unspecified atom stereocenters. The highest BCUT2D eigenvalue weighted by atomic mass is 19.2. The Balaban J connectivity index is 1.64. The van der Waals surface area contributed by atoms with E-state index in [9.17, 15) is 13.6 Å². The molecule has 2 atom stereocenters. The largest absolute Gasteiger partial charge is 0.476 e. The van der Waals surface area contributed by atoms with Gasteiger partial charge in [-0.05, 0) is 25.5 Å². The minimum atomic E-state index is -1.02. The molecule has 156 valence electrons. The van der Waals surface area contributed by atoms with Crippen molar-refractivity contribution >= 4 is 5.91 Å². The van der Waals surface area contributed by atoms with Crippen LogP contribution in [-0.4, -0.2) is 49.7 Å². The quantitative estimate of drug-likeness (QED) is 0.734. The summed E-state index contributed by atoms with van der Waals surface area (Å²) in [4.78, 5) is 15.2. The molecule has 0 aromatic heterocycles. The number of benzene rings is 2. The molecule has 0 radical (unpaired) electrons. The third kappa shape index (κ3) is 6.24. The number of morpholine rings is 1. The number of halogens is 2. The van der Waals surface area contributed by atoms with Gasteiger partial charge in [0.1, 0.15) is 5.75 Å². The third-order valence-electron chi connectivity index (χ3n) is 4.86. The second-order valence-corrected chi connectivity index (χ2v) is 7.14. The molecule has 0 aliphatic carbocycles. The first-order valence-corrected chi connectivity index (χ1v) is 9.80. The molecule has 2 aromatic rings. The molecule has 7 heteroatoms. The predicted molar refractivity (Wildman–Crippen MR) is 106 cm³/mol. The Morgan fingerprint density at radius 3 is 2.55 bits per heavy atom. The predicted octanol–water partition coefficient (Wildman–Crippen LogP) is 3.31. The summed E-state index contributed by atoms with van der Waals surface area (Å²) in [5.74, 6) is -2.22. The van der Waals surface area contributed by atoms with Crippen molar-refractivity contribution in [2.24, 2.45) is 0 Å². The molecular formula is C22H26F2N2O3. The average Bonchev–Trinajstić information content (AvgIpc) is 2.74. The number of rotatable bonds is 8. The summed E-state index contributed by atoms with van der Waals surface area (Å²) in [5, 5.41) is 2.97. The summed E-state index contributed by atoms with van der Waals surface area (Å²) in [7, 11) is 0. The molecule has 1 N–H and O–H groups in total. The fourth-order valence-corrected chi connectivity index (χ4v) is 3.18. The van der Waals surface area contributed by atoms with Crippen molar-refractivity contribution in [1.82, 2.24) is 10.2 Å². The number of nitrogens with zero attached hydrogens (tertiary/aromatic N) is 1. The summed E-state index contributed by atoms with van der Waals surface area (Å²) in [6.45, 7) is 6.07. The van der Waals surface area contributed by atoms with Gasteiger partial charge in [0.05, 0.1) is 13.2 Å². The van der Waals surface area contributed by atoms with E-state index in [2.05, 4.69) is 10.2 Å². The zero-order valence-electron chi connectivity index (χ0n) is 16.4. The molecule has 1 saturated heterocycles. The molecule has 1 aliphatic rings. The summed E-state index contributed by atoms with van der Waals surface area (Å²) in [5.41, 5.74) is 0.634. The molecule has 1 amide bonds. The molecule has 0 bridgehead atoms. The van der Waals surface area contributed by atoms with Gasteiger partial charge in [-0.3, -0.25) is 9.69 Å². The van der Waals surface area contributed by atoms with Crippen LogP contribution in [0.15, 0.2) is 48.5 Å². The van der Waals surface area contributed by atoms with E-state index in [1.54, 1.807) is 24.3 Å². The van der Waals surface area contributed by atoms with Gasteiger partial charge in [0.2, 0.25) is 6.10 Å². The molecular weight excluding hydrogens is 378 g/mol. The molecule has 1 aliphatic heterocycles. The van der Waals surface area contributed by atoms with Gasteiger partial charge in [-0.15, -0.1) is 0 Å². The number of ether oxygens (including phenoxy) is 2. The maximum absolute atomic E-state index is 13.6. The topological polar surface area (TPSA) is 50.8 Å². The van der Waals surface area contributed by atoms with E-state index >= 15 is 0 Å². The van der Waals surface area contributed by atoms with Gasteiger partial charge in [-0.25, -0.2) is 8.78 Å². The second kappa shape index (κ2) is 10.3. The van der Waals surface area contributed by atoms with Crippen LogP contribution in [0, 0.1) is 11.6 Å². The van der Waals surface area contributed by atoms with E-state index in [1.807, 2.05) is 13.0 Å². The summed E-state index contributed by atoms with van der Waals surface area (Å²) < 4.78 is 37.9. The summed E-state index contributed by atoms with van der Waals surface area (Å²) in [6.07, 6.45) is -0.176. The van der Waals surface area contributed by atoms with Crippen molar-refractivity contribution in [1.29, 1.82) is 0 Å². The second-order valence-electron chi connectivity index (χ2n) is 7.14. The Bertz CT molecular complexity index is 798. The van der Waals surface area contributed by atoms with Crippen LogP contribution in [-0.2, 0) is 9.53 Å². The lowest BCUT2D eigenvalue weighted by molar-refractivity contribution is -0.129. The maximum Gasteiger partial charge on any atom is 0.266 e. The van der Waals surface area contributed by atoms with Crippen LogP contribution in [0.5, 0.6) is 5.75 Å². The van der Waals surface area contributed by atoms with E-state index in [0.29, 0.717) is 5.56 Å². The zero-order chi connectivity index (χ0) is 20.6. The highest BCUT2D eigenvalue weighted by molar-refractivity contribution is 5.82. The number of amides is 1. The molecule has 0 saturated carbocycles. The minimum Gasteiger partial charge on any atom is -0.476 e. The Hall–Kier alpha value is -2.51. The van der Waals surface area contributed by atoms with E-state index in [1.165, 1.54) is 6.07 Å². The van der Waals surface area contributed by atoms with Gasteiger partial charge in [0.15, 0.2) is 11.6 Å². The van der Waals surface area contributed by atoms with Crippen molar-refractivity contribution < 1.29 is 23.0 Å². The van der Waals surface area contributed by atoms with E-state index in [4.69, 9.17) is 9.47 Å². The van der Waals surface area contributed by atoms with Gasteiger partial charge in [0, 0.05) is 37.3 Å². The Morgan fingerprint density at radius 1 is 1.14 bits per heavy atom. The molecule has 29 heavy (non-hydrogen) atoms. The van der Waals surface area contributed by atoms with Gasteiger partial charge in [-0.2, -0.15) is 0 Å². The van der Waals surface area contributed by atoms with E-state index in [-0.39, 0.29) is 17.7 Å². The van der Waals surface area contributed by atoms with Crippen LogP contribution in [0.4, 0.5) is 8.78 Å². The van der Waals surface area contributed by atoms with Crippen molar-refractivity contribution in [2.45, 2.75) is 25.5 Å². The number of nitrogens with one attached hydrogen (secondary N) is 1. The fraction of sp³-hybridized carbons (Fsp3) is 0.409. The van der Waals surface area contributed by atoms with Gasteiger partial charge in [0.25, 0.3) is 5.91 Å². The van der Waals surface area contributed by atoms with Crippen LogP contribution in [0.1, 0.15) is 25.0 Å². The molecule has 5 nitrogen and oxygen atoms in total. The van der Waals surface area contributed by atoms with Crippen molar-refractivity contribution in [3.05, 3.63) is 65.7 Å². The van der Waals surface area contributed by atoms with Crippen LogP contribution in [0.2, 0.25) is 0 Å². The smallest absolute Gasteiger partial charge is 0.266 e. The lowest BCUT2D eigenvalue weighted by Crippen LogP contribution is -2.42. The van der Waals surface area contributed by atoms with Crippen LogP contribution in [0.3, 0.4) is 0 Å². The maximum atomic E-state index is 13.6. The lowest BCUT2D eigenvalue weighted by atomic mass is 10.1. The van der Waals surface area contributed by atoms with Crippen LogP contribution in [0.25, 0.3) is 0 Å². The molecule has 1 heterocycles. The van der Waals surface area contributed by atoms with Crippen molar-refractivity contribution in [3.63, 3.8) is 0 Å². The molecule has 1 fully saturated rings. The standard InChI is InChI=1S/C22H26F2N2O3/c1-16(9-10-26-11-13-28-14-12-26)25-22(27)21(17-5-3-2-4-6-17)29-18-7-8-19(23)20(24)15-18/h2-8,15-16,21H,9-14H2,1H3,(H,25,27). The first kappa shape index (κ1) is 21.2. The van der Waals surface area contributed by atoms with E-state index in [0.717, 1.165) is 51.4 Å². The number of carbonyl (C=O) groups is 1. The van der Waals surface area contributed by atoms with Gasteiger partial charge >= 0.3 is 0 Å². The van der Waals surface area contributed by atoms with E-state index < -0.39 is 17.7 Å².